The number of aliphatic imine (C=N–C) groups is 1. The Hall–Kier alpha value is -2.12. The minimum absolute atomic E-state index is 0.500. The summed E-state index contributed by atoms with van der Waals surface area (Å²) in [6, 6.07) is 7.33. The molecule has 1 aromatic carbocycles. The van der Waals surface area contributed by atoms with Gasteiger partial charge in [0.1, 0.15) is 0 Å². The molecule has 2 heterocycles. The summed E-state index contributed by atoms with van der Waals surface area (Å²) >= 11 is 5.96. The molecule has 23 heavy (non-hydrogen) atoms. The topological polar surface area (TPSA) is 89.8 Å². The van der Waals surface area contributed by atoms with Crippen molar-refractivity contribution in [2.75, 3.05) is 32.8 Å². The Morgan fingerprint density at radius 1 is 1.35 bits per heavy atom. The largest absolute Gasteiger partial charge is 0.378 e. The molecule has 0 saturated carbocycles. The van der Waals surface area contributed by atoms with E-state index in [1.165, 1.54) is 0 Å². The summed E-state index contributed by atoms with van der Waals surface area (Å²) in [5, 5.41) is 4.60. The lowest BCUT2D eigenvalue weighted by molar-refractivity contribution is 0.0674. The average molecular weight is 336 g/mol. The second-order valence-electron chi connectivity index (χ2n) is 5.11. The molecule has 2 N–H and O–H groups in total. The number of nitrogens with two attached hydrogens (primary N) is 1. The zero-order chi connectivity index (χ0) is 16.1. The molecule has 1 aliphatic heterocycles. The van der Waals surface area contributed by atoms with Crippen LogP contribution in [0, 0.1) is 0 Å². The highest BCUT2D eigenvalue weighted by Gasteiger charge is 2.12. The lowest BCUT2D eigenvalue weighted by atomic mass is 10.2. The average Bonchev–Trinajstić information content (AvgIpc) is 3.04. The maximum atomic E-state index is 5.96. The van der Waals surface area contributed by atoms with Crippen LogP contribution in [-0.4, -0.2) is 53.8 Å². The predicted octanol–water partition coefficient (Wildman–Crippen LogP) is 1.58. The second-order valence-corrected chi connectivity index (χ2v) is 5.55. The van der Waals surface area contributed by atoms with Gasteiger partial charge in [-0.2, -0.15) is 4.98 Å². The van der Waals surface area contributed by atoms with Crippen LogP contribution in [0.25, 0.3) is 11.4 Å². The van der Waals surface area contributed by atoms with Crippen molar-refractivity contribution in [2.24, 2.45) is 10.7 Å². The van der Waals surface area contributed by atoms with Gasteiger partial charge in [-0.3, -0.25) is 4.99 Å². The van der Waals surface area contributed by atoms with E-state index in [0.29, 0.717) is 48.9 Å². The Morgan fingerprint density at radius 3 is 2.96 bits per heavy atom. The highest BCUT2D eigenvalue weighted by molar-refractivity contribution is 6.30. The molecule has 122 valence electrons. The molecule has 1 saturated heterocycles. The van der Waals surface area contributed by atoms with Crippen molar-refractivity contribution >= 4 is 17.6 Å². The lowest BCUT2D eigenvalue weighted by Gasteiger charge is -2.27. The van der Waals surface area contributed by atoms with Crippen LogP contribution >= 0.6 is 11.6 Å². The Morgan fingerprint density at radius 2 is 2.17 bits per heavy atom. The number of aromatic nitrogens is 2. The third-order valence-corrected chi connectivity index (χ3v) is 3.72. The van der Waals surface area contributed by atoms with Crippen LogP contribution in [-0.2, 0) is 11.2 Å². The predicted molar refractivity (Wildman–Crippen MR) is 87.3 cm³/mol. The van der Waals surface area contributed by atoms with Crippen LogP contribution in [0.3, 0.4) is 0 Å². The van der Waals surface area contributed by atoms with Gasteiger partial charge >= 0.3 is 0 Å². The molecule has 2 aromatic rings. The molecule has 0 bridgehead atoms. The summed E-state index contributed by atoms with van der Waals surface area (Å²) in [6.07, 6.45) is 0.540. The van der Waals surface area contributed by atoms with Crippen molar-refractivity contribution in [3.05, 3.63) is 35.2 Å². The van der Waals surface area contributed by atoms with E-state index in [1.54, 1.807) is 12.1 Å². The SMILES string of the molecule is NC(=NCCc1nc(-c2cccc(Cl)c2)no1)N1CCOCC1. The number of ether oxygens (including phenoxy) is 1. The number of hydrogen-bond acceptors (Lipinski definition) is 5. The highest BCUT2D eigenvalue weighted by Crippen LogP contribution is 2.19. The molecule has 1 aromatic heterocycles. The van der Waals surface area contributed by atoms with Gasteiger partial charge < -0.3 is 19.9 Å². The van der Waals surface area contributed by atoms with Gasteiger partial charge in [0.25, 0.3) is 0 Å². The van der Waals surface area contributed by atoms with Crippen molar-refractivity contribution in [3.8, 4) is 11.4 Å². The molecule has 7 nitrogen and oxygen atoms in total. The van der Waals surface area contributed by atoms with Crippen LogP contribution in [0.15, 0.2) is 33.8 Å². The Balaban J connectivity index is 1.57. The molecular weight excluding hydrogens is 318 g/mol. The van der Waals surface area contributed by atoms with Crippen molar-refractivity contribution in [1.29, 1.82) is 0 Å². The van der Waals surface area contributed by atoms with Crippen LogP contribution in [0.1, 0.15) is 5.89 Å². The normalized spacial score (nSPS) is 15.9. The summed E-state index contributed by atoms with van der Waals surface area (Å²) in [5.74, 6) is 1.58. The lowest BCUT2D eigenvalue weighted by Crippen LogP contribution is -2.44. The van der Waals surface area contributed by atoms with Crippen LogP contribution in [0.5, 0.6) is 0 Å². The van der Waals surface area contributed by atoms with Crippen molar-refractivity contribution in [3.63, 3.8) is 0 Å². The van der Waals surface area contributed by atoms with Crippen LogP contribution in [0.4, 0.5) is 0 Å². The quantitative estimate of drug-likeness (QED) is 0.674. The molecule has 3 rings (SSSR count). The van der Waals surface area contributed by atoms with Gasteiger partial charge in [-0.25, -0.2) is 0 Å². The van der Waals surface area contributed by atoms with Gasteiger partial charge in [0.2, 0.25) is 11.7 Å². The number of nitrogens with zero attached hydrogens (tertiary/aromatic N) is 4. The summed E-state index contributed by atoms with van der Waals surface area (Å²) in [5.41, 5.74) is 6.79. The second kappa shape index (κ2) is 7.43. The Labute approximate surface area is 139 Å². The summed E-state index contributed by atoms with van der Waals surface area (Å²) < 4.78 is 10.5. The van der Waals surface area contributed by atoms with E-state index in [9.17, 15) is 0 Å². The Kier molecular flexibility index (Phi) is 5.09. The van der Waals surface area contributed by atoms with E-state index in [4.69, 9.17) is 26.6 Å². The zero-order valence-corrected chi connectivity index (χ0v) is 13.4. The highest BCUT2D eigenvalue weighted by atomic mass is 35.5. The molecule has 1 aliphatic rings. The van der Waals surface area contributed by atoms with Crippen LogP contribution < -0.4 is 5.73 Å². The molecule has 0 amide bonds. The molecule has 0 unspecified atom stereocenters. The smallest absolute Gasteiger partial charge is 0.228 e. The molecule has 0 spiro atoms. The summed E-state index contributed by atoms with van der Waals surface area (Å²) in [6.45, 7) is 3.41. The first kappa shape index (κ1) is 15.8. The third-order valence-electron chi connectivity index (χ3n) is 3.49. The third kappa shape index (κ3) is 4.20. The van der Waals surface area contributed by atoms with Crippen molar-refractivity contribution in [2.45, 2.75) is 6.42 Å². The van der Waals surface area contributed by atoms with Gasteiger partial charge in [-0.15, -0.1) is 0 Å². The number of halogens is 1. The number of rotatable bonds is 4. The van der Waals surface area contributed by atoms with Crippen molar-refractivity contribution in [1.82, 2.24) is 15.0 Å². The number of morpholine rings is 1. The number of benzene rings is 1. The minimum atomic E-state index is 0.500. The minimum Gasteiger partial charge on any atom is -0.378 e. The summed E-state index contributed by atoms with van der Waals surface area (Å²) in [7, 11) is 0. The van der Waals surface area contributed by atoms with Crippen molar-refractivity contribution < 1.29 is 9.26 Å². The van der Waals surface area contributed by atoms with Gasteiger partial charge in [0.05, 0.1) is 19.8 Å². The van der Waals surface area contributed by atoms with E-state index in [1.807, 2.05) is 17.0 Å². The molecule has 8 heteroatoms. The summed E-state index contributed by atoms with van der Waals surface area (Å²) in [4.78, 5) is 10.7. The van der Waals surface area contributed by atoms with Gasteiger partial charge in [0, 0.05) is 30.1 Å². The maximum Gasteiger partial charge on any atom is 0.228 e. The fourth-order valence-corrected chi connectivity index (χ4v) is 2.45. The fourth-order valence-electron chi connectivity index (χ4n) is 2.26. The first-order valence-electron chi connectivity index (χ1n) is 7.43. The van der Waals surface area contributed by atoms with E-state index in [-0.39, 0.29) is 0 Å². The maximum absolute atomic E-state index is 5.96. The van der Waals surface area contributed by atoms with Gasteiger partial charge in [-0.05, 0) is 12.1 Å². The van der Waals surface area contributed by atoms with E-state index < -0.39 is 0 Å². The first-order valence-corrected chi connectivity index (χ1v) is 7.81. The van der Waals surface area contributed by atoms with Gasteiger partial charge in [0.15, 0.2) is 5.96 Å². The van der Waals surface area contributed by atoms with Crippen LogP contribution in [0.2, 0.25) is 5.02 Å². The molecule has 0 atom stereocenters. The fraction of sp³-hybridized carbons (Fsp3) is 0.400. The molecule has 0 radical (unpaired) electrons. The van der Waals surface area contributed by atoms with E-state index >= 15 is 0 Å². The standard InChI is InChI=1S/C15H18ClN5O2/c16-12-3-1-2-11(10-12)14-19-13(23-20-14)4-5-18-15(17)21-6-8-22-9-7-21/h1-3,10H,4-9H2,(H2,17,18). The zero-order valence-electron chi connectivity index (χ0n) is 12.6. The first-order chi connectivity index (χ1) is 11.2. The molecule has 1 fully saturated rings. The number of guanidine groups is 1. The van der Waals surface area contributed by atoms with E-state index in [2.05, 4.69) is 15.1 Å². The molecular formula is C15H18ClN5O2. The number of hydrogen-bond donors (Lipinski definition) is 1. The van der Waals surface area contributed by atoms with E-state index in [0.717, 1.165) is 18.7 Å². The Bertz CT molecular complexity index is 682. The monoisotopic (exact) mass is 335 g/mol. The van der Waals surface area contributed by atoms with Gasteiger partial charge in [-0.1, -0.05) is 28.9 Å². The molecule has 0 aliphatic carbocycles.